The molecule has 0 aliphatic rings. The number of hydrogen-bond donors (Lipinski definition) is 1. The maximum Gasteiger partial charge on any atom is 0.316 e. The second kappa shape index (κ2) is 7.99. The highest BCUT2D eigenvalue weighted by molar-refractivity contribution is 5.78. The predicted molar refractivity (Wildman–Crippen MR) is 111 cm³/mol. The van der Waals surface area contributed by atoms with E-state index in [4.69, 9.17) is 4.74 Å². The third-order valence-corrected chi connectivity index (χ3v) is 5.30. The number of rotatable bonds is 6. The number of ether oxygens (including phenoxy) is 1. The highest BCUT2D eigenvalue weighted by Gasteiger charge is 2.34. The zero-order valence-corrected chi connectivity index (χ0v) is 16.6. The van der Waals surface area contributed by atoms with E-state index >= 15 is 0 Å². The van der Waals surface area contributed by atoms with E-state index in [1.165, 1.54) is 0 Å². The van der Waals surface area contributed by atoms with Gasteiger partial charge in [-0.15, -0.1) is 0 Å². The summed E-state index contributed by atoms with van der Waals surface area (Å²) in [5.74, 6) is 0.211. The highest BCUT2D eigenvalue weighted by atomic mass is 16.5. The molecule has 0 bridgehead atoms. The average molecular weight is 374 g/mol. The van der Waals surface area contributed by atoms with Gasteiger partial charge in [-0.25, -0.2) is 0 Å². The Morgan fingerprint density at radius 3 is 1.64 bits per heavy atom. The summed E-state index contributed by atoms with van der Waals surface area (Å²) in [6.45, 7) is 5.70. The van der Waals surface area contributed by atoms with E-state index < -0.39 is 11.0 Å². The molecule has 0 unspecified atom stereocenters. The van der Waals surface area contributed by atoms with Crippen molar-refractivity contribution >= 4 is 5.97 Å². The standard InChI is InChI=1S/C25H26O3/c1-4-24(2,3)23(26)28-22-17-15-21(16-18-22)25(27,19-11-7-5-8-12-19)20-13-9-6-10-14-20/h5-18,27H,4H2,1-3H3. The van der Waals surface area contributed by atoms with Gasteiger partial charge in [0.1, 0.15) is 11.4 Å². The zero-order chi connectivity index (χ0) is 20.2. The van der Waals surface area contributed by atoms with Gasteiger partial charge >= 0.3 is 5.97 Å². The normalized spacial score (nSPS) is 11.9. The summed E-state index contributed by atoms with van der Waals surface area (Å²) in [4.78, 5) is 12.3. The summed E-state index contributed by atoms with van der Waals surface area (Å²) in [7, 11) is 0. The molecule has 0 aliphatic heterocycles. The van der Waals surface area contributed by atoms with Crippen LogP contribution in [0.4, 0.5) is 0 Å². The van der Waals surface area contributed by atoms with Crippen LogP contribution in [0.25, 0.3) is 0 Å². The first-order chi connectivity index (χ1) is 13.4. The van der Waals surface area contributed by atoms with Crippen molar-refractivity contribution in [3.63, 3.8) is 0 Å². The van der Waals surface area contributed by atoms with Crippen LogP contribution in [0.1, 0.15) is 43.9 Å². The van der Waals surface area contributed by atoms with E-state index in [2.05, 4.69) is 0 Å². The number of hydrogen-bond acceptors (Lipinski definition) is 3. The first kappa shape index (κ1) is 19.8. The van der Waals surface area contributed by atoms with Crippen molar-refractivity contribution in [3.05, 3.63) is 102 Å². The quantitative estimate of drug-likeness (QED) is 0.361. The molecule has 1 N–H and O–H groups in total. The third kappa shape index (κ3) is 3.85. The monoisotopic (exact) mass is 374 g/mol. The minimum Gasteiger partial charge on any atom is -0.426 e. The molecule has 3 heteroatoms. The fourth-order valence-corrected chi connectivity index (χ4v) is 3.01. The summed E-state index contributed by atoms with van der Waals surface area (Å²) in [6, 6.07) is 26.2. The number of carbonyl (C=O) groups excluding carboxylic acids is 1. The largest absolute Gasteiger partial charge is 0.426 e. The number of benzene rings is 3. The molecule has 0 saturated carbocycles. The summed E-state index contributed by atoms with van der Waals surface area (Å²) >= 11 is 0. The Hall–Kier alpha value is -2.91. The van der Waals surface area contributed by atoms with E-state index in [9.17, 15) is 9.90 Å². The lowest BCUT2D eigenvalue weighted by atomic mass is 9.80. The lowest BCUT2D eigenvalue weighted by molar-refractivity contribution is -0.144. The van der Waals surface area contributed by atoms with Gasteiger partial charge in [0.05, 0.1) is 5.41 Å². The van der Waals surface area contributed by atoms with Gasteiger partial charge in [0.15, 0.2) is 0 Å². The molecule has 0 spiro atoms. The molecular weight excluding hydrogens is 348 g/mol. The Kier molecular flexibility index (Phi) is 5.66. The predicted octanol–water partition coefficient (Wildman–Crippen LogP) is 5.31. The van der Waals surface area contributed by atoms with Crippen LogP contribution in [0.3, 0.4) is 0 Å². The highest BCUT2D eigenvalue weighted by Crippen LogP contribution is 2.37. The Balaban J connectivity index is 1.98. The molecular formula is C25H26O3. The van der Waals surface area contributed by atoms with E-state index in [0.717, 1.165) is 11.1 Å². The van der Waals surface area contributed by atoms with E-state index in [-0.39, 0.29) is 5.97 Å². The van der Waals surface area contributed by atoms with Crippen molar-refractivity contribution in [1.82, 2.24) is 0 Å². The van der Waals surface area contributed by atoms with Crippen LogP contribution in [0.2, 0.25) is 0 Å². The second-order valence-electron chi connectivity index (χ2n) is 7.59. The molecule has 3 rings (SSSR count). The molecule has 0 saturated heterocycles. The number of carbonyl (C=O) groups is 1. The molecule has 0 aliphatic carbocycles. The summed E-state index contributed by atoms with van der Waals surface area (Å²) in [5.41, 5.74) is 0.428. The first-order valence-electron chi connectivity index (χ1n) is 9.54. The van der Waals surface area contributed by atoms with Crippen molar-refractivity contribution in [2.24, 2.45) is 5.41 Å². The molecule has 3 aromatic carbocycles. The SMILES string of the molecule is CCC(C)(C)C(=O)Oc1ccc(C(O)(c2ccccc2)c2ccccc2)cc1. The van der Waals surface area contributed by atoms with Gasteiger partial charge in [-0.05, 0) is 49.1 Å². The van der Waals surface area contributed by atoms with Gasteiger partial charge in [0.25, 0.3) is 0 Å². The Morgan fingerprint density at radius 1 is 0.786 bits per heavy atom. The molecule has 0 radical (unpaired) electrons. The van der Waals surface area contributed by atoms with Crippen LogP contribution in [0.5, 0.6) is 5.75 Å². The van der Waals surface area contributed by atoms with Gasteiger partial charge in [0.2, 0.25) is 0 Å². The molecule has 0 atom stereocenters. The van der Waals surface area contributed by atoms with E-state index in [1.54, 1.807) is 12.1 Å². The van der Waals surface area contributed by atoms with Crippen LogP contribution >= 0.6 is 0 Å². The number of aliphatic hydroxyl groups is 1. The van der Waals surface area contributed by atoms with Crippen molar-refractivity contribution in [2.75, 3.05) is 0 Å². The molecule has 144 valence electrons. The van der Waals surface area contributed by atoms with Crippen molar-refractivity contribution in [3.8, 4) is 5.75 Å². The Bertz CT molecular complexity index is 874. The molecule has 3 nitrogen and oxygen atoms in total. The smallest absolute Gasteiger partial charge is 0.316 e. The summed E-state index contributed by atoms with van der Waals surface area (Å²) in [5, 5.41) is 11.8. The summed E-state index contributed by atoms with van der Waals surface area (Å²) in [6.07, 6.45) is 0.700. The molecule has 3 aromatic rings. The lowest BCUT2D eigenvalue weighted by Crippen LogP contribution is -2.29. The van der Waals surface area contributed by atoms with E-state index in [1.807, 2.05) is 93.6 Å². The first-order valence-corrected chi connectivity index (χ1v) is 9.54. The second-order valence-corrected chi connectivity index (χ2v) is 7.59. The molecule has 0 fully saturated rings. The van der Waals surface area contributed by atoms with Crippen LogP contribution in [0.15, 0.2) is 84.9 Å². The van der Waals surface area contributed by atoms with Gasteiger partial charge in [-0.1, -0.05) is 79.7 Å². The van der Waals surface area contributed by atoms with Crippen molar-refractivity contribution in [2.45, 2.75) is 32.8 Å². The third-order valence-electron chi connectivity index (χ3n) is 5.30. The zero-order valence-electron chi connectivity index (χ0n) is 16.6. The topological polar surface area (TPSA) is 46.5 Å². The Morgan fingerprint density at radius 2 is 1.21 bits per heavy atom. The minimum atomic E-state index is -1.30. The van der Waals surface area contributed by atoms with Gasteiger partial charge < -0.3 is 9.84 Å². The number of esters is 1. The van der Waals surface area contributed by atoms with Crippen LogP contribution in [-0.2, 0) is 10.4 Å². The van der Waals surface area contributed by atoms with Crippen LogP contribution in [0, 0.1) is 5.41 Å². The van der Waals surface area contributed by atoms with Gasteiger partial charge in [-0.3, -0.25) is 4.79 Å². The van der Waals surface area contributed by atoms with Crippen LogP contribution < -0.4 is 4.74 Å². The van der Waals surface area contributed by atoms with Gasteiger partial charge in [0, 0.05) is 0 Å². The molecule has 0 heterocycles. The molecule has 0 aromatic heterocycles. The Labute approximate surface area is 166 Å². The van der Waals surface area contributed by atoms with E-state index in [0.29, 0.717) is 17.7 Å². The van der Waals surface area contributed by atoms with Crippen molar-refractivity contribution < 1.29 is 14.6 Å². The fraction of sp³-hybridized carbons (Fsp3) is 0.240. The maximum atomic E-state index is 12.3. The lowest BCUT2D eigenvalue weighted by Gasteiger charge is -2.30. The molecule has 0 amide bonds. The molecule has 28 heavy (non-hydrogen) atoms. The van der Waals surface area contributed by atoms with Crippen molar-refractivity contribution in [1.29, 1.82) is 0 Å². The van der Waals surface area contributed by atoms with Gasteiger partial charge in [-0.2, -0.15) is 0 Å². The fourth-order valence-electron chi connectivity index (χ4n) is 3.01. The summed E-state index contributed by atoms with van der Waals surface area (Å²) < 4.78 is 5.53. The minimum absolute atomic E-state index is 0.260. The maximum absolute atomic E-state index is 12.3. The van der Waals surface area contributed by atoms with Crippen LogP contribution in [-0.4, -0.2) is 11.1 Å². The average Bonchev–Trinajstić information content (AvgIpc) is 2.75.